The molecule has 0 radical (unpaired) electrons. The zero-order valence-corrected chi connectivity index (χ0v) is 8.27. The monoisotopic (exact) mass is 190 g/mol. The molecule has 0 bridgehead atoms. The number of hydrogen-bond donors (Lipinski definition) is 1. The van der Waals surface area contributed by atoms with Crippen molar-refractivity contribution in [1.82, 2.24) is 10.2 Å². The van der Waals surface area contributed by atoms with E-state index in [0.29, 0.717) is 5.82 Å². The summed E-state index contributed by atoms with van der Waals surface area (Å²) in [5, 5.41) is 7.91. The van der Waals surface area contributed by atoms with Gasteiger partial charge in [-0.05, 0) is 25.5 Å². The summed E-state index contributed by atoms with van der Waals surface area (Å²) >= 11 is 0. The molecule has 1 aliphatic heterocycles. The van der Waals surface area contributed by atoms with Crippen LogP contribution in [0.15, 0.2) is 23.8 Å². The molecule has 1 aromatic heterocycles. The molecule has 1 aromatic rings. The van der Waals surface area contributed by atoms with Gasteiger partial charge in [0.2, 0.25) is 0 Å². The van der Waals surface area contributed by atoms with Crippen LogP contribution in [0.2, 0.25) is 0 Å². The Balaban J connectivity index is 2.16. The van der Waals surface area contributed by atoms with Crippen LogP contribution < -0.4 is 10.6 Å². The molecule has 0 fully saturated rings. The van der Waals surface area contributed by atoms with Gasteiger partial charge < -0.3 is 10.6 Å². The first kappa shape index (κ1) is 8.99. The van der Waals surface area contributed by atoms with Crippen molar-refractivity contribution in [2.24, 2.45) is 0 Å². The van der Waals surface area contributed by atoms with E-state index < -0.39 is 0 Å². The Morgan fingerprint density at radius 1 is 1.36 bits per heavy atom. The van der Waals surface area contributed by atoms with Gasteiger partial charge in [0.1, 0.15) is 5.82 Å². The minimum absolute atomic E-state index is 0.470. The summed E-state index contributed by atoms with van der Waals surface area (Å²) in [5.41, 5.74) is 6.86. The zero-order valence-electron chi connectivity index (χ0n) is 8.27. The van der Waals surface area contributed by atoms with Crippen molar-refractivity contribution in [3.8, 4) is 0 Å². The SMILES string of the molecule is CC1=CCCN(c2ccc(N)nn2)C1. The van der Waals surface area contributed by atoms with Gasteiger partial charge in [-0.25, -0.2) is 0 Å². The Kier molecular flexibility index (Phi) is 2.35. The van der Waals surface area contributed by atoms with E-state index in [1.165, 1.54) is 5.57 Å². The smallest absolute Gasteiger partial charge is 0.151 e. The van der Waals surface area contributed by atoms with Crippen molar-refractivity contribution in [1.29, 1.82) is 0 Å². The number of nitrogens with zero attached hydrogens (tertiary/aromatic N) is 3. The summed E-state index contributed by atoms with van der Waals surface area (Å²) in [5.74, 6) is 1.38. The molecular weight excluding hydrogens is 176 g/mol. The largest absolute Gasteiger partial charge is 0.382 e. The van der Waals surface area contributed by atoms with E-state index in [4.69, 9.17) is 5.73 Å². The van der Waals surface area contributed by atoms with Crippen LogP contribution in [0.4, 0.5) is 11.6 Å². The van der Waals surface area contributed by atoms with Crippen molar-refractivity contribution in [2.75, 3.05) is 23.7 Å². The van der Waals surface area contributed by atoms with Gasteiger partial charge in [-0.2, -0.15) is 0 Å². The fourth-order valence-corrected chi connectivity index (χ4v) is 1.61. The molecule has 0 saturated carbocycles. The Bertz CT molecular complexity index is 342. The Morgan fingerprint density at radius 2 is 2.21 bits per heavy atom. The standard InChI is InChI=1S/C10H14N4/c1-8-3-2-6-14(7-8)10-5-4-9(11)12-13-10/h3-5H,2,6-7H2,1H3,(H2,11,12). The first-order valence-electron chi connectivity index (χ1n) is 4.75. The molecule has 0 atom stereocenters. The Labute approximate surface area is 83.4 Å². The molecule has 4 heteroatoms. The lowest BCUT2D eigenvalue weighted by atomic mass is 10.1. The molecule has 0 spiro atoms. The molecule has 0 aliphatic carbocycles. The summed E-state index contributed by atoms with van der Waals surface area (Å²) in [4.78, 5) is 2.21. The lowest BCUT2D eigenvalue weighted by Gasteiger charge is -2.26. The molecule has 0 unspecified atom stereocenters. The molecule has 0 amide bonds. The molecule has 4 nitrogen and oxygen atoms in total. The Morgan fingerprint density at radius 3 is 2.86 bits per heavy atom. The third-order valence-corrected chi connectivity index (χ3v) is 2.33. The van der Waals surface area contributed by atoms with Crippen molar-refractivity contribution >= 4 is 11.6 Å². The second kappa shape index (κ2) is 3.65. The number of anilines is 2. The Hall–Kier alpha value is -1.58. The molecule has 0 saturated heterocycles. The topological polar surface area (TPSA) is 55.0 Å². The van der Waals surface area contributed by atoms with Gasteiger partial charge in [0.15, 0.2) is 5.82 Å². The maximum Gasteiger partial charge on any atom is 0.151 e. The predicted octanol–water partition coefficient (Wildman–Crippen LogP) is 1.22. The number of aromatic nitrogens is 2. The van der Waals surface area contributed by atoms with E-state index in [9.17, 15) is 0 Å². The number of rotatable bonds is 1. The van der Waals surface area contributed by atoms with Gasteiger partial charge in [0.05, 0.1) is 0 Å². The molecule has 2 heterocycles. The van der Waals surface area contributed by atoms with E-state index in [0.717, 1.165) is 25.3 Å². The summed E-state index contributed by atoms with van der Waals surface area (Å²) in [7, 11) is 0. The first-order chi connectivity index (χ1) is 6.75. The third kappa shape index (κ3) is 1.84. The van der Waals surface area contributed by atoms with Gasteiger partial charge in [-0.1, -0.05) is 11.6 Å². The summed E-state index contributed by atoms with van der Waals surface area (Å²) in [6, 6.07) is 3.71. The second-order valence-corrected chi connectivity index (χ2v) is 3.58. The summed E-state index contributed by atoms with van der Waals surface area (Å²) < 4.78 is 0. The van der Waals surface area contributed by atoms with Gasteiger partial charge in [0, 0.05) is 13.1 Å². The van der Waals surface area contributed by atoms with Gasteiger partial charge in [0.25, 0.3) is 0 Å². The lowest BCUT2D eigenvalue weighted by molar-refractivity contribution is 0.767. The first-order valence-corrected chi connectivity index (χ1v) is 4.75. The van der Waals surface area contributed by atoms with Crippen molar-refractivity contribution in [2.45, 2.75) is 13.3 Å². The third-order valence-electron chi connectivity index (χ3n) is 2.33. The number of nitrogen functional groups attached to an aromatic ring is 1. The lowest BCUT2D eigenvalue weighted by Crippen LogP contribution is -2.30. The van der Waals surface area contributed by atoms with Crippen molar-refractivity contribution < 1.29 is 0 Å². The van der Waals surface area contributed by atoms with E-state index in [2.05, 4.69) is 28.1 Å². The van der Waals surface area contributed by atoms with E-state index in [-0.39, 0.29) is 0 Å². The van der Waals surface area contributed by atoms with Gasteiger partial charge in [-0.3, -0.25) is 0 Å². The van der Waals surface area contributed by atoms with Gasteiger partial charge in [-0.15, -0.1) is 10.2 Å². The fourth-order valence-electron chi connectivity index (χ4n) is 1.61. The van der Waals surface area contributed by atoms with Crippen molar-refractivity contribution in [3.63, 3.8) is 0 Å². The molecule has 74 valence electrons. The molecule has 1 aliphatic rings. The quantitative estimate of drug-likeness (QED) is 0.676. The van der Waals surface area contributed by atoms with Crippen LogP contribution in [-0.2, 0) is 0 Å². The van der Waals surface area contributed by atoms with E-state index in [1.807, 2.05) is 6.07 Å². The van der Waals surface area contributed by atoms with Crippen LogP contribution in [0.3, 0.4) is 0 Å². The van der Waals surface area contributed by atoms with Crippen LogP contribution in [0.5, 0.6) is 0 Å². The minimum Gasteiger partial charge on any atom is -0.382 e. The zero-order chi connectivity index (χ0) is 9.97. The summed E-state index contributed by atoms with van der Waals surface area (Å²) in [6.07, 6.45) is 3.35. The van der Waals surface area contributed by atoms with Gasteiger partial charge >= 0.3 is 0 Å². The van der Waals surface area contributed by atoms with Crippen LogP contribution in [0.25, 0.3) is 0 Å². The highest BCUT2D eigenvalue weighted by Crippen LogP contribution is 2.16. The highest BCUT2D eigenvalue weighted by Gasteiger charge is 2.11. The van der Waals surface area contributed by atoms with Crippen LogP contribution in [-0.4, -0.2) is 23.3 Å². The second-order valence-electron chi connectivity index (χ2n) is 3.58. The van der Waals surface area contributed by atoms with Crippen LogP contribution in [0, 0.1) is 0 Å². The maximum absolute atomic E-state index is 5.48. The van der Waals surface area contributed by atoms with Crippen molar-refractivity contribution in [3.05, 3.63) is 23.8 Å². The van der Waals surface area contributed by atoms with Crippen LogP contribution >= 0.6 is 0 Å². The average Bonchev–Trinajstić information content (AvgIpc) is 2.19. The average molecular weight is 190 g/mol. The highest BCUT2D eigenvalue weighted by atomic mass is 15.3. The van der Waals surface area contributed by atoms with Crippen LogP contribution in [0.1, 0.15) is 13.3 Å². The maximum atomic E-state index is 5.48. The predicted molar refractivity (Wildman–Crippen MR) is 57.0 cm³/mol. The summed E-state index contributed by atoms with van der Waals surface area (Å²) in [6.45, 7) is 4.09. The van der Waals surface area contributed by atoms with E-state index in [1.54, 1.807) is 6.07 Å². The van der Waals surface area contributed by atoms with E-state index >= 15 is 0 Å². The highest BCUT2D eigenvalue weighted by molar-refractivity contribution is 5.43. The molecule has 0 aromatic carbocycles. The molecular formula is C10H14N4. The minimum atomic E-state index is 0.470. The molecule has 2 rings (SSSR count). The molecule has 2 N–H and O–H groups in total. The number of nitrogens with two attached hydrogens (primary N) is 1. The normalized spacial score (nSPS) is 16.6. The number of hydrogen-bond acceptors (Lipinski definition) is 4. The molecule has 14 heavy (non-hydrogen) atoms. The fraction of sp³-hybridized carbons (Fsp3) is 0.400.